The summed E-state index contributed by atoms with van der Waals surface area (Å²) in [5.74, 6) is 2.58. The summed E-state index contributed by atoms with van der Waals surface area (Å²) in [5, 5.41) is 0.899. The maximum Gasteiger partial charge on any atom is 0.414 e. The van der Waals surface area contributed by atoms with E-state index in [1.807, 2.05) is 12.1 Å². The Kier molecular flexibility index (Phi) is 7.49. The number of nitrogens with zero attached hydrogens (tertiary/aromatic N) is 5. The predicted octanol–water partition coefficient (Wildman–Crippen LogP) is 3.30. The van der Waals surface area contributed by atoms with Crippen molar-refractivity contribution < 1.29 is 19.0 Å². The summed E-state index contributed by atoms with van der Waals surface area (Å²) in [4.78, 5) is 27.4. The molecule has 2 aliphatic rings. The Morgan fingerprint density at radius 2 is 1.79 bits per heavy atom. The van der Waals surface area contributed by atoms with Crippen LogP contribution in [0.15, 0.2) is 30.8 Å². The molecule has 1 aromatic carbocycles. The van der Waals surface area contributed by atoms with Crippen molar-refractivity contribution in [2.75, 3.05) is 64.4 Å². The van der Waals surface area contributed by atoms with Gasteiger partial charge >= 0.3 is 6.09 Å². The zero-order valence-corrected chi connectivity index (χ0v) is 19.6. The molecule has 0 aliphatic carbocycles. The topological polar surface area (TPSA) is 80.3 Å². The Balaban J connectivity index is 1.45. The molecule has 9 heteroatoms. The summed E-state index contributed by atoms with van der Waals surface area (Å²) in [6.45, 7) is 11.5. The largest absolute Gasteiger partial charge is 0.493 e. The van der Waals surface area contributed by atoms with Gasteiger partial charge in [-0.25, -0.2) is 14.8 Å². The average Bonchev–Trinajstić information content (AvgIpc) is 2.83. The molecule has 0 bridgehead atoms. The number of methoxy groups -OCH3 is 1. The van der Waals surface area contributed by atoms with Crippen LogP contribution >= 0.6 is 0 Å². The number of carbonyl (C=O) groups is 1. The molecule has 2 aromatic rings. The SMILES string of the molecule is C=C(C)OC(=O)N1CCN(c2ncnc3cc(OCCN4CCCCC4)c(OC)cc23)CC1. The molecular weight excluding hydrogens is 422 g/mol. The first-order valence-electron chi connectivity index (χ1n) is 11.6. The molecule has 0 N–H and O–H groups in total. The Morgan fingerprint density at radius 3 is 2.48 bits per heavy atom. The van der Waals surface area contributed by atoms with Crippen LogP contribution in [0.5, 0.6) is 11.5 Å². The van der Waals surface area contributed by atoms with E-state index in [9.17, 15) is 4.79 Å². The minimum Gasteiger partial charge on any atom is -0.493 e. The van der Waals surface area contributed by atoms with Crippen molar-refractivity contribution in [2.24, 2.45) is 0 Å². The Labute approximate surface area is 194 Å². The highest BCUT2D eigenvalue weighted by atomic mass is 16.6. The van der Waals surface area contributed by atoms with Crippen LogP contribution in [0.1, 0.15) is 26.2 Å². The summed E-state index contributed by atoms with van der Waals surface area (Å²) in [6, 6.07) is 3.87. The second-order valence-corrected chi connectivity index (χ2v) is 8.51. The van der Waals surface area contributed by atoms with E-state index in [4.69, 9.17) is 14.2 Å². The van der Waals surface area contributed by atoms with Gasteiger partial charge in [0.25, 0.3) is 0 Å². The van der Waals surface area contributed by atoms with Crippen molar-refractivity contribution in [1.82, 2.24) is 19.8 Å². The monoisotopic (exact) mass is 455 g/mol. The number of likely N-dealkylation sites (tertiary alicyclic amines) is 1. The summed E-state index contributed by atoms with van der Waals surface area (Å²) in [5.41, 5.74) is 0.804. The zero-order valence-electron chi connectivity index (χ0n) is 19.6. The van der Waals surface area contributed by atoms with Gasteiger partial charge in [0.1, 0.15) is 18.8 Å². The molecule has 4 rings (SSSR count). The lowest BCUT2D eigenvalue weighted by atomic mass is 10.1. The van der Waals surface area contributed by atoms with Crippen LogP contribution in [0.2, 0.25) is 0 Å². The molecule has 0 saturated carbocycles. The molecule has 3 heterocycles. The van der Waals surface area contributed by atoms with Crippen molar-refractivity contribution >= 4 is 22.8 Å². The molecule has 33 heavy (non-hydrogen) atoms. The molecule has 0 spiro atoms. The lowest BCUT2D eigenvalue weighted by molar-refractivity contribution is 0.126. The normalized spacial score (nSPS) is 17.2. The maximum absolute atomic E-state index is 12.1. The molecule has 2 saturated heterocycles. The summed E-state index contributed by atoms with van der Waals surface area (Å²) >= 11 is 0. The first-order chi connectivity index (χ1) is 16.0. The van der Waals surface area contributed by atoms with Crippen LogP contribution < -0.4 is 14.4 Å². The third-order valence-corrected chi connectivity index (χ3v) is 6.11. The first kappa shape index (κ1) is 23.1. The van der Waals surface area contributed by atoms with Crippen LogP contribution in [0.4, 0.5) is 10.6 Å². The number of hydrogen-bond donors (Lipinski definition) is 0. The van der Waals surface area contributed by atoms with Crippen LogP contribution in [0.3, 0.4) is 0 Å². The zero-order chi connectivity index (χ0) is 23.2. The molecule has 0 unspecified atom stereocenters. The number of allylic oxidation sites excluding steroid dienone is 1. The molecular formula is C24H33N5O4. The van der Waals surface area contributed by atoms with Gasteiger partial charge in [0, 0.05) is 44.2 Å². The van der Waals surface area contributed by atoms with Gasteiger partial charge in [0.05, 0.1) is 18.4 Å². The minimum absolute atomic E-state index is 0.359. The smallest absolute Gasteiger partial charge is 0.414 e. The summed E-state index contributed by atoms with van der Waals surface area (Å²) in [7, 11) is 1.65. The van der Waals surface area contributed by atoms with E-state index in [1.54, 1.807) is 25.3 Å². The number of ether oxygens (including phenoxy) is 3. The number of aromatic nitrogens is 2. The van der Waals surface area contributed by atoms with Gasteiger partial charge in [-0.05, 0) is 38.9 Å². The molecule has 2 aliphatic heterocycles. The third kappa shape index (κ3) is 5.65. The highest BCUT2D eigenvalue weighted by molar-refractivity contribution is 5.92. The second kappa shape index (κ2) is 10.7. The van der Waals surface area contributed by atoms with Crippen molar-refractivity contribution in [1.29, 1.82) is 0 Å². The number of hydrogen-bond acceptors (Lipinski definition) is 8. The van der Waals surface area contributed by atoms with Crippen LogP contribution in [-0.2, 0) is 4.74 Å². The standard InChI is InChI=1S/C24H33N5O4/c1-18(2)33-24(30)29-11-9-28(10-12-29)23-19-15-21(31-3)22(16-20(19)25-17-26-23)32-14-13-27-7-5-4-6-8-27/h15-17H,1,4-14H2,2-3H3. The fourth-order valence-corrected chi connectivity index (χ4v) is 4.36. The fourth-order valence-electron chi connectivity index (χ4n) is 4.36. The molecule has 9 nitrogen and oxygen atoms in total. The van der Waals surface area contributed by atoms with Crippen LogP contribution in [0.25, 0.3) is 10.9 Å². The molecule has 0 radical (unpaired) electrons. The number of fused-ring (bicyclic) bond motifs is 1. The number of amides is 1. The van der Waals surface area contributed by atoms with E-state index in [0.29, 0.717) is 50.0 Å². The summed E-state index contributed by atoms with van der Waals surface area (Å²) < 4.78 is 16.9. The summed E-state index contributed by atoms with van der Waals surface area (Å²) in [6.07, 6.45) is 5.07. The van der Waals surface area contributed by atoms with Crippen molar-refractivity contribution in [3.8, 4) is 11.5 Å². The van der Waals surface area contributed by atoms with Gasteiger partial charge in [0.2, 0.25) is 0 Å². The minimum atomic E-state index is -0.359. The molecule has 178 valence electrons. The van der Waals surface area contributed by atoms with E-state index in [-0.39, 0.29) is 6.09 Å². The first-order valence-corrected chi connectivity index (χ1v) is 11.6. The Bertz CT molecular complexity index is 984. The van der Waals surface area contributed by atoms with Gasteiger partial charge in [0.15, 0.2) is 11.5 Å². The molecule has 1 aromatic heterocycles. The average molecular weight is 456 g/mol. The third-order valence-electron chi connectivity index (χ3n) is 6.11. The van der Waals surface area contributed by atoms with Gasteiger partial charge in [-0.1, -0.05) is 13.0 Å². The van der Waals surface area contributed by atoms with Crippen LogP contribution in [0, 0.1) is 0 Å². The van der Waals surface area contributed by atoms with Gasteiger partial charge in [-0.15, -0.1) is 0 Å². The van der Waals surface area contributed by atoms with Gasteiger partial charge in [-0.2, -0.15) is 0 Å². The predicted molar refractivity (Wildman–Crippen MR) is 127 cm³/mol. The second-order valence-electron chi connectivity index (χ2n) is 8.51. The molecule has 1 amide bonds. The Hall–Kier alpha value is -3.07. The van der Waals surface area contributed by atoms with Gasteiger partial charge < -0.3 is 24.0 Å². The fraction of sp³-hybridized carbons (Fsp3) is 0.542. The van der Waals surface area contributed by atoms with E-state index in [2.05, 4.69) is 26.3 Å². The van der Waals surface area contributed by atoms with Crippen molar-refractivity contribution in [3.63, 3.8) is 0 Å². The quantitative estimate of drug-likeness (QED) is 0.589. The molecule has 0 atom stereocenters. The van der Waals surface area contributed by atoms with Crippen molar-refractivity contribution in [3.05, 3.63) is 30.8 Å². The van der Waals surface area contributed by atoms with E-state index in [0.717, 1.165) is 36.4 Å². The van der Waals surface area contributed by atoms with E-state index < -0.39 is 0 Å². The lowest BCUT2D eigenvalue weighted by Crippen LogP contribution is -2.49. The van der Waals surface area contributed by atoms with Gasteiger partial charge in [-0.3, -0.25) is 4.90 Å². The number of rotatable bonds is 7. The maximum atomic E-state index is 12.1. The van der Waals surface area contributed by atoms with E-state index >= 15 is 0 Å². The number of piperidine rings is 1. The number of benzene rings is 1. The highest BCUT2D eigenvalue weighted by Crippen LogP contribution is 2.35. The van der Waals surface area contributed by atoms with E-state index in [1.165, 1.54) is 19.3 Å². The number of anilines is 1. The highest BCUT2D eigenvalue weighted by Gasteiger charge is 2.25. The molecule has 2 fully saturated rings. The number of piperazine rings is 1. The Morgan fingerprint density at radius 1 is 1.03 bits per heavy atom. The number of carbonyl (C=O) groups excluding carboxylic acids is 1. The lowest BCUT2D eigenvalue weighted by Gasteiger charge is -2.35. The van der Waals surface area contributed by atoms with Crippen LogP contribution in [-0.4, -0.2) is 85.4 Å². The van der Waals surface area contributed by atoms with Crippen molar-refractivity contribution in [2.45, 2.75) is 26.2 Å².